The molecular weight excluding hydrogens is 312 g/mol. The zero-order valence-corrected chi connectivity index (χ0v) is 14.3. The molecule has 0 saturated carbocycles. The van der Waals surface area contributed by atoms with Crippen LogP contribution in [0.3, 0.4) is 0 Å². The Morgan fingerprint density at radius 1 is 1.09 bits per heavy atom. The summed E-state index contributed by atoms with van der Waals surface area (Å²) in [4.78, 5) is 0. The predicted molar refractivity (Wildman–Crippen MR) is 93.2 cm³/mol. The fourth-order valence-corrected chi connectivity index (χ4v) is 2.26. The lowest BCUT2D eigenvalue weighted by Crippen LogP contribution is -2.18. The quantitative estimate of drug-likeness (QED) is 0.873. The van der Waals surface area contributed by atoms with Crippen molar-refractivity contribution in [3.05, 3.63) is 59.2 Å². The van der Waals surface area contributed by atoms with Crippen LogP contribution in [0.15, 0.2) is 42.5 Å². The van der Waals surface area contributed by atoms with Crippen LogP contribution in [0.1, 0.15) is 29.7 Å². The highest BCUT2D eigenvalue weighted by molar-refractivity contribution is 5.85. The molecule has 5 heteroatoms. The molecule has 0 aliphatic heterocycles. The summed E-state index contributed by atoms with van der Waals surface area (Å²) in [7, 11) is 3.32. The van der Waals surface area contributed by atoms with Crippen molar-refractivity contribution in [2.24, 2.45) is 0 Å². The van der Waals surface area contributed by atoms with Crippen LogP contribution in [-0.2, 0) is 6.54 Å². The van der Waals surface area contributed by atoms with Gasteiger partial charge in [-0.25, -0.2) is 0 Å². The van der Waals surface area contributed by atoms with Crippen LogP contribution in [0.2, 0.25) is 0 Å². The zero-order valence-electron chi connectivity index (χ0n) is 13.5. The van der Waals surface area contributed by atoms with E-state index in [1.54, 1.807) is 14.2 Å². The van der Waals surface area contributed by atoms with Crippen LogP contribution >= 0.6 is 12.4 Å². The first-order valence-corrected chi connectivity index (χ1v) is 7.12. The number of rotatable bonds is 6. The van der Waals surface area contributed by atoms with E-state index in [0.717, 1.165) is 22.6 Å². The molecule has 2 aromatic rings. The van der Waals surface area contributed by atoms with Gasteiger partial charge in [0.1, 0.15) is 11.5 Å². The number of nitrogens with zero attached hydrogens (tertiary/aromatic N) is 1. The molecule has 1 unspecified atom stereocenters. The molecule has 0 heterocycles. The van der Waals surface area contributed by atoms with Gasteiger partial charge in [0.25, 0.3) is 0 Å². The third-order valence-corrected chi connectivity index (χ3v) is 3.60. The monoisotopic (exact) mass is 332 g/mol. The standard InChI is InChI=1S/C18H20N2O2.ClH/c1-13(17-10-16(21-2)8-9-18(17)22-3)20-12-15-6-4-14(11-19)5-7-15;/h4-10,13,20H,12H2,1-3H3;1H. The lowest BCUT2D eigenvalue weighted by atomic mass is 10.1. The van der Waals surface area contributed by atoms with Gasteiger partial charge in [0.05, 0.1) is 25.9 Å². The van der Waals surface area contributed by atoms with E-state index < -0.39 is 0 Å². The van der Waals surface area contributed by atoms with E-state index in [1.165, 1.54) is 0 Å². The van der Waals surface area contributed by atoms with Crippen molar-refractivity contribution in [1.29, 1.82) is 5.26 Å². The zero-order chi connectivity index (χ0) is 15.9. The highest BCUT2D eigenvalue weighted by atomic mass is 35.5. The van der Waals surface area contributed by atoms with Gasteiger partial charge in [0, 0.05) is 18.2 Å². The molecule has 0 aromatic heterocycles. The minimum absolute atomic E-state index is 0. The maximum atomic E-state index is 8.81. The van der Waals surface area contributed by atoms with E-state index in [0.29, 0.717) is 12.1 Å². The van der Waals surface area contributed by atoms with Gasteiger partial charge >= 0.3 is 0 Å². The molecule has 0 amide bonds. The second kappa shape index (κ2) is 9.04. The van der Waals surface area contributed by atoms with E-state index in [2.05, 4.69) is 18.3 Å². The lowest BCUT2D eigenvalue weighted by molar-refractivity contribution is 0.391. The summed E-state index contributed by atoms with van der Waals surface area (Å²) >= 11 is 0. The summed E-state index contributed by atoms with van der Waals surface area (Å²) in [6.07, 6.45) is 0. The molecule has 122 valence electrons. The van der Waals surface area contributed by atoms with Gasteiger partial charge in [0.15, 0.2) is 0 Å². The number of nitrogens with one attached hydrogen (secondary N) is 1. The first-order chi connectivity index (χ1) is 10.7. The van der Waals surface area contributed by atoms with Crippen molar-refractivity contribution >= 4 is 12.4 Å². The number of methoxy groups -OCH3 is 2. The van der Waals surface area contributed by atoms with Gasteiger partial charge in [-0.15, -0.1) is 12.4 Å². The molecule has 2 rings (SSSR count). The Kier molecular flexibility index (Phi) is 7.40. The van der Waals surface area contributed by atoms with Gasteiger partial charge < -0.3 is 14.8 Å². The molecule has 0 radical (unpaired) electrons. The van der Waals surface area contributed by atoms with Crippen molar-refractivity contribution in [2.75, 3.05) is 14.2 Å². The van der Waals surface area contributed by atoms with Crippen molar-refractivity contribution in [2.45, 2.75) is 19.5 Å². The van der Waals surface area contributed by atoms with E-state index in [-0.39, 0.29) is 18.4 Å². The average molecular weight is 333 g/mol. The molecule has 23 heavy (non-hydrogen) atoms. The van der Waals surface area contributed by atoms with Crippen LogP contribution < -0.4 is 14.8 Å². The number of benzene rings is 2. The summed E-state index contributed by atoms with van der Waals surface area (Å²) in [5.74, 6) is 1.64. The molecule has 4 nitrogen and oxygen atoms in total. The molecule has 0 fully saturated rings. The van der Waals surface area contributed by atoms with Crippen molar-refractivity contribution in [1.82, 2.24) is 5.32 Å². The molecule has 0 saturated heterocycles. The maximum Gasteiger partial charge on any atom is 0.123 e. The Bertz CT molecular complexity index is 666. The molecule has 0 spiro atoms. The fourth-order valence-electron chi connectivity index (χ4n) is 2.26. The highest BCUT2D eigenvalue weighted by Gasteiger charge is 2.12. The third kappa shape index (κ3) is 4.88. The van der Waals surface area contributed by atoms with Crippen LogP contribution in [0.4, 0.5) is 0 Å². The third-order valence-electron chi connectivity index (χ3n) is 3.60. The molecule has 0 aliphatic rings. The van der Waals surface area contributed by atoms with Crippen LogP contribution in [0.5, 0.6) is 11.5 Å². The van der Waals surface area contributed by atoms with Crippen LogP contribution in [-0.4, -0.2) is 14.2 Å². The Balaban J connectivity index is 0.00000264. The second-order valence-corrected chi connectivity index (χ2v) is 5.02. The molecule has 1 N–H and O–H groups in total. The SMILES string of the molecule is COc1ccc(OC)c(C(C)NCc2ccc(C#N)cc2)c1.Cl. The largest absolute Gasteiger partial charge is 0.497 e. The van der Waals surface area contributed by atoms with E-state index >= 15 is 0 Å². The van der Waals surface area contributed by atoms with E-state index in [1.807, 2.05) is 42.5 Å². The highest BCUT2D eigenvalue weighted by Crippen LogP contribution is 2.29. The van der Waals surface area contributed by atoms with Crippen LogP contribution in [0.25, 0.3) is 0 Å². The van der Waals surface area contributed by atoms with E-state index in [9.17, 15) is 0 Å². The summed E-state index contributed by atoms with van der Waals surface area (Å²) < 4.78 is 10.7. The lowest BCUT2D eigenvalue weighted by Gasteiger charge is -2.18. The average Bonchev–Trinajstić information content (AvgIpc) is 2.59. The molecule has 1 atom stereocenters. The molecule has 0 bridgehead atoms. The minimum atomic E-state index is 0. The van der Waals surface area contributed by atoms with Crippen LogP contribution in [0, 0.1) is 11.3 Å². The minimum Gasteiger partial charge on any atom is -0.497 e. The van der Waals surface area contributed by atoms with Gasteiger partial charge in [-0.3, -0.25) is 0 Å². The molecular formula is C18H21ClN2O2. The summed E-state index contributed by atoms with van der Waals surface area (Å²) in [5.41, 5.74) is 2.86. The van der Waals surface area contributed by atoms with E-state index in [4.69, 9.17) is 14.7 Å². The number of halogens is 1. The van der Waals surface area contributed by atoms with Crippen molar-refractivity contribution in [3.63, 3.8) is 0 Å². The van der Waals surface area contributed by atoms with Gasteiger partial charge in [-0.1, -0.05) is 12.1 Å². The molecule has 2 aromatic carbocycles. The fraction of sp³-hybridized carbons (Fsp3) is 0.278. The maximum absolute atomic E-state index is 8.81. The number of hydrogen-bond acceptors (Lipinski definition) is 4. The Hall–Kier alpha value is -2.22. The second-order valence-electron chi connectivity index (χ2n) is 5.02. The normalized spacial score (nSPS) is 11.0. The summed E-state index contributed by atoms with van der Waals surface area (Å²) in [6, 6.07) is 15.6. The van der Waals surface area contributed by atoms with Gasteiger partial charge in [-0.05, 0) is 42.8 Å². The number of nitriles is 1. The van der Waals surface area contributed by atoms with Crippen molar-refractivity contribution in [3.8, 4) is 17.6 Å². The van der Waals surface area contributed by atoms with Gasteiger partial charge in [0.2, 0.25) is 0 Å². The smallest absolute Gasteiger partial charge is 0.123 e. The summed E-state index contributed by atoms with van der Waals surface area (Å²) in [5, 5.41) is 12.3. The van der Waals surface area contributed by atoms with Gasteiger partial charge in [-0.2, -0.15) is 5.26 Å². The number of ether oxygens (including phenoxy) is 2. The molecule has 0 aliphatic carbocycles. The predicted octanol–water partition coefficient (Wildman–Crippen LogP) is 3.85. The Labute approximate surface area is 143 Å². The topological polar surface area (TPSA) is 54.3 Å². The Morgan fingerprint density at radius 2 is 1.78 bits per heavy atom. The van der Waals surface area contributed by atoms with Crippen molar-refractivity contribution < 1.29 is 9.47 Å². The first kappa shape index (κ1) is 18.8. The number of hydrogen-bond donors (Lipinski definition) is 1. The first-order valence-electron chi connectivity index (χ1n) is 7.12. The Morgan fingerprint density at radius 3 is 2.35 bits per heavy atom. The summed E-state index contributed by atoms with van der Waals surface area (Å²) in [6.45, 7) is 2.80.